The van der Waals surface area contributed by atoms with Gasteiger partial charge >= 0.3 is 6.09 Å². The zero-order valence-corrected chi connectivity index (χ0v) is 15.7. The number of carbonyl (C=O) groups is 1. The quantitative estimate of drug-likeness (QED) is 0.675. The Morgan fingerprint density at radius 2 is 2.04 bits per heavy atom. The van der Waals surface area contributed by atoms with Crippen LogP contribution in [0.15, 0.2) is 18.2 Å². The van der Waals surface area contributed by atoms with E-state index in [9.17, 15) is 4.79 Å². The van der Waals surface area contributed by atoms with E-state index in [2.05, 4.69) is 36.2 Å². The first kappa shape index (κ1) is 18.2. The van der Waals surface area contributed by atoms with Gasteiger partial charge in [0.2, 0.25) is 0 Å². The molecule has 138 valence electrons. The van der Waals surface area contributed by atoms with E-state index in [0.29, 0.717) is 24.3 Å². The van der Waals surface area contributed by atoms with E-state index in [1.54, 1.807) is 0 Å². The van der Waals surface area contributed by atoms with Crippen molar-refractivity contribution in [2.75, 3.05) is 19.6 Å². The number of likely N-dealkylation sites (tertiary alicyclic amines) is 1. The van der Waals surface area contributed by atoms with E-state index in [-0.39, 0.29) is 6.09 Å². The molecule has 0 aromatic heterocycles. The van der Waals surface area contributed by atoms with Crippen molar-refractivity contribution in [3.63, 3.8) is 0 Å². The van der Waals surface area contributed by atoms with E-state index in [1.165, 1.54) is 56.2 Å². The van der Waals surface area contributed by atoms with Crippen molar-refractivity contribution in [1.82, 2.24) is 10.2 Å². The Morgan fingerprint density at radius 1 is 1.20 bits per heavy atom. The van der Waals surface area contributed by atoms with Gasteiger partial charge in [0, 0.05) is 12.6 Å². The van der Waals surface area contributed by atoms with E-state index in [0.717, 1.165) is 13.0 Å². The molecule has 0 saturated carbocycles. The standard InChI is InChI=1S/C21H32N2O2/c1-3-5-6-7-8-12-22-21(24)25-17-9-10-18-19(15-17)16-11-13-23(4-2)20(18)14-16/h9-10,15-16,20H,3-8,11-14H2,1-2H3,(H,22,24)/t16-,20+/m1/s1. The number of nitrogens with one attached hydrogen (secondary N) is 1. The number of amides is 1. The number of nitrogens with zero attached hydrogens (tertiary/aromatic N) is 1. The Balaban J connectivity index is 1.51. The highest BCUT2D eigenvalue weighted by Crippen LogP contribution is 2.49. The molecule has 0 spiro atoms. The van der Waals surface area contributed by atoms with Crippen molar-refractivity contribution in [2.24, 2.45) is 0 Å². The summed E-state index contributed by atoms with van der Waals surface area (Å²) < 4.78 is 5.51. The molecule has 1 amide bonds. The molecule has 1 aliphatic heterocycles. The van der Waals surface area contributed by atoms with Crippen LogP contribution >= 0.6 is 0 Å². The van der Waals surface area contributed by atoms with Gasteiger partial charge in [-0.15, -0.1) is 0 Å². The molecule has 4 nitrogen and oxygen atoms in total. The Kier molecular flexibility index (Phi) is 6.35. The predicted molar refractivity (Wildman–Crippen MR) is 101 cm³/mol. The lowest BCUT2D eigenvalue weighted by atomic mass is 9.95. The first-order chi connectivity index (χ1) is 12.2. The Hall–Kier alpha value is -1.55. The van der Waals surface area contributed by atoms with Crippen LogP contribution in [-0.2, 0) is 0 Å². The van der Waals surface area contributed by atoms with Crippen LogP contribution in [0.2, 0.25) is 0 Å². The highest BCUT2D eigenvalue weighted by Gasteiger charge is 2.38. The van der Waals surface area contributed by atoms with E-state index in [4.69, 9.17) is 4.74 Å². The van der Waals surface area contributed by atoms with Crippen LogP contribution in [0, 0.1) is 0 Å². The molecule has 1 fully saturated rings. The summed E-state index contributed by atoms with van der Waals surface area (Å²) in [5.41, 5.74) is 2.83. The molecule has 1 aliphatic carbocycles. The third-order valence-electron chi connectivity index (χ3n) is 5.74. The molecule has 2 aliphatic rings. The van der Waals surface area contributed by atoms with E-state index in [1.807, 2.05) is 6.07 Å². The average Bonchev–Trinajstić information content (AvgIpc) is 2.91. The largest absolute Gasteiger partial charge is 0.412 e. The van der Waals surface area contributed by atoms with Crippen LogP contribution in [-0.4, -0.2) is 30.6 Å². The molecule has 1 aromatic carbocycles. The number of ether oxygens (including phenoxy) is 1. The van der Waals surface area contributed by atoms with Crippen LogP contribution in [0.1, 0.15) is 81.9 Å². The van der Waals surface area contributed by atoms with Gasteiger partial charge in [-0.1, -0.05) is 45.6 Å². The molecular formula is C21H32N2O2. The highest BCUT2D eigenvalue weighted by molar-refractivity contribution is 5.70. The van der Waals surface area contributed by atoms with Crippen molar-refractivity contribution in [1.29, 1.82) is 0 Å². The number of unbranched alkanes of at least 4 members (excludes halogenated alkanes) is 4. The van der Waals surface area contributed by atoms with Crippen LogP contribution in [0.4, 0.5) is 4.79 Å². The summed E-state index contributed by atoms with van der Waals surface area (Å²) in [7, 11) is 0. The Bertz CT molecular complexity index is 587. The van der Waals surface area contributed by atoms with Gasteiger partial charge in [0.15, 0.2) is 0 Å². The van der Waals surface area contributed by atoms with Crippen LogP contribution in [0.5, 0.6) is 5.75 Å². The van der Waals surface area contributed by atoms with Crippen molar-refractivity contribution >= 4 is 6.09 Å². The maximum Gasteiger partial charge on any atom is 0.412 e. The van der Waals surface area contributed by atoms with Crippen molar-refractivity contribution < 1.29 is 9.53 Å². The van der Waals surface area contributed by atoms with Crippen molar-refractivity contribution in [3.8, 4) is 5.75 Å². The number of hydrogen-bond donors (Lipinski definition) is 1. The first-order valence-electron chi connectivity index (χ1n) is 10.1. The second-order valence-corrected chi connectivity index (χ2v) is 7.39. The summed E-state index contributed by atoms with van der Waals surface area (Å²) in [6, 6.07) is 6.78. The van der Waals surface area contributed by atoms with Gasteiger partial charge < -0.3 is 10.1 Å². The van der Waals surface area contributed by atoms with Gasteiger partial charge in [-0.25, -0.2) is 4.79 Å². The SMILES string of the molecule is CCCCCCCNC(=O)Oc1ccc2c(c1)[C@@H]1CCN(CC)[C@H]2C1. The maximum atomic E-state index is 12.0. The first-order valence-corrected chi connectivity index (χ1v) is 10.1. The minimum Gasteiger partial charge on any atom is -0.410 e. The molecule has 2 bridgehead atoms. The Labute approximate surface area is 151 Å². The normalized spacial score (nSPS) is 21.8. The minimum absolute atomic E-state index is 0.327. The summed E-state index contributed by atoms with van der Waals surface area (Å²) >= 11 is 0. The molecule has 1 saturated heterocycles. The lowest BCUT2D eigenvalue weighted by Gasteiger charge is -2.32. The van der Waals surface area contributed by atoms with E-state index < -0.39 is 0 Å². The molecule has 3 rings (SSSR count). The van der Waals surface area contributed by atoms with Crippen LogP contribution in [0.25, 0.3) is 0 Å². The zero-order valence-electron chi connectivity index (χ0n) is 15.7. The molecule has 4 heteroatoms. The van der Waals surface area contributed by atoms with Gasteiger partial charge in [0.05, 0.1) is 0 Å². The summed E-state index contributed by atoms with van der Waals surface area (Å²) in [5, 5.41) is 2.87. The fourth-order valence-corrected chi connectivity index (χ4v) is 4.33. The van der Waals surface area contributed by atoms with Crippen molar-refractivity contribution in [2.45, 2.75) is 70.8 Å². The van der Waals surface area contributed by atoms with Gasteiger partial charge in [-0.3, -0.25) is 4.90 Å². The molecule has 1 N–H and O–H groups in total. The highest BCUT2D eigenvalue weighted by atomic mass is 16.6. The zero-order chi connectivity index (χ0) is 17.6. The number of piperidine rings is 1. The number of hydrogen-bond acceptors (Lipinski definition) is 3. The lowest BCUT2D eigenvalue weighted by Crippen LogP contribution is -2.31. The number of benzene rings is 1. The molecular weight excluding hydrogens is 312 g/mol. The third-order valence-corrected chi connectivity index (χ3v) is 5.74. The fraction of sp³-hybridized carbons (Fsp3) is 0.667. The van der Waals surface area contributed by atoms with Crippen LogP contribution in [0.3, 0.4) is 0 Å². The summed E-state index contributed by atoms with van der Waals surface area (Å²) in [5.74, 6) is 1.31. The predicted octanol–water partition coefficient (Wildman–Crippen LogP) is 5.00. The summed E-state index contributed by atoms with van der Waals surface area (Å²) in [4.78, 5) is 14.5. The third kappa shape index (κ3) is 4.35. The lowest BCUT2D eigenvalue weighted by molar-refractivity contribution is 0.161. The smallest absolute Gasteiger partial charge is 0.410 e. The number of fused-ring (bicyclic) bond motifs is 5. The monoisotopic (exact) mass is 344 g/mol. The summed E-state index contributed by atoms with van der Waals surface area (Å²) in [6.07, 6.45) is 8.06. The molecule has 1 aromatic rings. The minimum atomic E-state index is -0.327. The fourth-order valence-electron chi connectivity index (χ4n) is 4.33. The second-order valence-electron chi connectivity index (χ2n) is 7.39. The maximum absolute atomic E-state index is 12.0. The van der Waals surface area contributed by atoms with Gasteiger partial charge in [0.1, 0.15) is 5.75 Å². The molecule has 2 atom stereocenters. The average molecular weight is 344 g/mol. The molecule has 0 unspecified atom stereocenters. The van der Waals surface area contributed by atoms with Gasteiger partial charge in [-0.05, 0) is 61.5 Å². The molecule has 25 heavy (non-hydrogen) atoms. The van der Waals surface area contributed by atoms with Crippen molar-refractivity contribution in [3.05, 3.63) is 29.3 Å². The summed E-state index contributed by atoms with van der Waals surface area (Å²) in [6.45, 7) is 7.43. The Morgan fingerprint density at radius 3 is 2.84 bits per heavy atom. The second kappa shape index (κ2) is 8.70. The van der Waals surface area contributed by atoms with E-state index >= 15 is 0 Å². The van der Waals surface area contributed by atoms with Crippen LogP contribution < -0.4 is 10.1 Å². The van der Waals surface area contributed by atoms with Gasteiger partial charge in [-0.2, -0.15) is 0 Å². The molecule has 0 radical (unpaired) electrons. The number of carbonyl (C=O) groups excluding carboxylic acids is 1. The topological polar surface area (TPSA) is 41.6 Å². The van der Waals surface area contributed by atoms with Gasteiger partial charge in [0.25, 0.3) is 0 Å². The molecule has 1 heterocycles. The number of rotatable bonds is 8.